The van der Waals surface area contributed by atoms with Crippen molar-refractivity contribution in [3.05, 3.63) is 24.3 Å². The smallest absolute Gasteiger partial charge is 0.240 e. The number of rotatable bonds is 3. The minimum absolute atomic E-state index is 0.0807. The van der Waals surface area contributed by atoms with E-state index < -0.39 is 5.25 Å². The van der Waals surface area contributed by atoms with Crippen LogP contribution in [0.3, 0.4) is 0 Å². The molecule has 0 saturated heterocycles. The molecule has 6 nitrogen and oxygen atoms in total. The highest BCUT2D eigenvalue weighted by Gasteiger charge is 2.29. The third kappa shape index (κ3) is 5.13. The van der Waals surface area contributed by atoms with Crippen molar-refractivity contribution in [1.82, 2.24) is 16.2 Å². The van der Waals surface area contributed by atoms with Crippen LogP contribution < -0.4 is 21.5 Å². The maximum Gasteiger partial charge on any atom is 0.240 e. The van der Waals surface area contributed by atoms with E-state index in [9.17, 15) is 9.59 Å². The zero-order chi connectivity index (χ0) is 19.4. The summed E-state index contributed by atoms with van der Waals surface area (Å²) >= 11 is 6.71. The lowest BCUT2D eigenvalue weighted by Gasteiger charge is -2.35. The number of carbonyl (C=O) groups is 2. The Bertz CT molecular complexity index is 727. The van der Waals surface area contributed by atoms with Crippen LogP contribution in [0.15, 0.2) is 29.2 Å². The highest BCUT2D eigenvalue weighted by molar-refractivity contribution is 8.01. The second-order valence-corrected chi connectivity index (χ2v) is 8.97. The Labute approximate surface area is 169 Å². The van der Waals surface area contributed by atoms with Gasteiger partial charge in [-0.2, -0.15) is 0 Å². The van der Waals surface area contributed by atoms with E-state index in [4.69, 9.17) is 12.2 Å². The van der Waals surface area contributed by atoms with E-state index in [1.807, 2.05) is 24.3 Å². The van der Waals surface area contributed by atoms with Gasteiger partial charge in [0, 0.05) is 17.4 Å². The van der Waals surface area contributed by atoms with Crippen molar-refractivity contribution in [1.29, 1.82) is 0 Å². The number of amides is 2. The molecular weight excluding hydrogens is 380 g/mol. The Kier molecular flexibility index (Phi) is 6.59. The number of thiocarbonyl (C=S) groups is 1. The zero-order valence-electron chi connectivity index (χ0n) is 15.6. The van der Waals surface area contributed by atoms with Crippen molar-refractivity contribution in [3.8, 4) is 0 Å². The summed E-state index contributed by atoms with van der Waals surface area (Å²) in [6.45, 7) is 4.50. The molecule has 0 radical (unpaired) electrons. The predicted molar refractivity (Wildman–Crippen MR) is 112 cm³/mol. The lowest BCUT2D eigenvalue weighted by molar-refractivity contribution is -0.124. The van der Waals surface area contributed by atoms with Crippen LogP contribution in [0, 0.1) is 11.8 Å². The molecule has 1 heterocycles. The van der Waals surface area contributed by atoms with Crippen LogP contribution in [0.5, 0.6) is 0 Å². The summed E-state index contributed by atoms with van der Waals surface area (Å²) in [6, 6.07) is 7.91. The van der Waals surface area contributed by atoms with Gasteiger partial charge in [0.2, 0.25) is 11.8 Å². The van der Waals surface area contributed by atoms with Crippen LogP contribution in [0.1, 0.15) is 39.5 Å². The largest absolute Gasteiger partial charge is 0.358 e. The van der Waals surface area contributed by atoms with Crippen LogP contribution in [0.2, 0.25) is 0 Å². The highest BCUT2D eigenvalue weighted by Crippen LogP contribution is 2.36. The van der Waals surface area contributed by atoms with E-state index >= 15 is 0 Å². The molecule has 1 fully saturated rings. The first-order valence-electron chi connectivity index (χ1n) is 9.36. The lowest BCUT2D eigenvalue weighted by atomic mass is 9.78. The van der Waals surface area contributed by atoms with Gasteiger partial charge in [0.05, 0.1) is 10.9 Å². The molecule has 3 rings (SSSR count). The molecule has 1 saturated carbocycles. The zero-order valence-corrected chi connectivity index (χ0v) is 17.2. The van der Waals surface area contributed by atoms with E-state index in [0.29, 0.717) is 23.0 Å². The Morgan fingerprint density at radius 3 is 2.85 bits per heavy atom. The molecular formula is C19H26N4O2S2. The van der Waals surface area contributed by atoms with Gasteiger partial charge in [0.1, 0.15) is 0 Å². The minimum atomic E-state index is -0.456. The molecule has 0 spiro atoms. The number of hydrazine groups is 1. The fourth-order valence-electron chi connectivity index (χ4n) is 3.56. The summed E-state index contributed by atoms with van der Waals surface area (Å²) in [5, 5.41) is 6.11. The molecule has 27 heavy (non-hydrogen) atoms. The molecule has 146 valence electrons. The van der Waals surface area contributed by atoms with E-state index in [0.717, 1.165) is 17.0 Å². The summed E-state index contributed by atoms with van der Waals surface area (Å²) in [7, 11) is 0. The molecule has 2 aliphatic rings. The van der Waals surface area contributed by atoms with Gasteiger partial charge in [-0.25, -0.2) is 0 Å². The molecule has 0 unspecified atom stereocenters. The summed E-state index contributed by atoms with van der Waals surface area (Å²) in [5.41, 5.74) is 6.17. The predicted octanol–water partition coefficient (Wildman–Crippen LogP) is 2.81. The van der Waals surface area contributed by atoms with Crippen molar-refractivity contribution in [2.45, 2.75) is 55.7 Å². The Morgan fingerprint density at radius 2 is 2.04 bits per heavy atom. The number of carbonyl (C=O) groups excluding carboxylic acids is 2. The van der Waals surface area contributed by atoms with Gasteiger partial charge in [-0.1, -0.05) is 38.8 Å². The number of fused-ring (bicyclic) bond motifs is 1. The Hall–Kier alpha value is -1.80. The van der Waals surface area contributed by atoms with Gasteiger partial charge in [-0.05, 0) is 42.6 Å². The summed E-state index contributed by atoms with van der Waals surface area (Å²) < 4.78 is 0. The van der Waals surface area contributed by atoms with E-state index in [1.54, 1.807) is 0 Å². The van der Waals surface area contributed by atoms with Gasteiger partial charge in [-0.3, -0.25) is 20.4 Å². The third-order valence-corrected chi connectivity index (χ3v) is 6.91. The maximum atomic E-state index is 12.2. The molecule has 4 atom stereocenters. The average Bonchev–Trinajstić information content (AvgIpc) is 2.64. The molecule has 1 aromatic rings. The molecule has 4 N–H and O–H groups in total. The average molecular weight is 407 g/mol. The topological polar surface area (TPSA) is 82.3 Å². The number of anilines is 1. The number of thioether (sulfide) groups is 1. The normalized spacial score (nSPS) is 27.1. The number of hydrogen-bond acceptors (Lipinski definition) is 4. The standard InChI is InChI=1S/C19H26N4O2S2/c1-11-6-5-8-13(12(11)2)21-19(26)23-22-17(24)10-16-18(25)20-14-7-3-4-9-15(14)27-16/h3-4,7,9,11-13,16H,5-6,8,10H2,1-2H3,(H,20,25)(H,22,24)(H2,21,23,26)/t11-,12-,13-,16-/m1/s1. The van der Waals surface area contributed by atoms with Crippen molar-refractivity contribution in [3.63, 3.8) is 0 Å². The van der Waals surface area contributed by atoms with Crippen molar-refractivity contribution in [2.24, 2.45) is 11.8 Å². The maximum absolute atomic E-state index is 12.2. The molecule has 0 bridgehead atoms. The fourth-order valence-corrected chi connectivity index (χ4v) is 4.88. The number of benzene rings is 1. The third-order valence-electron chi connectivity index (χ3n) is 5.42. The van der Waals surface area contributed by atoms with Gasteiger partial charge in [0.15, 0.2) is 5.11 Å². The van der Waals surface area contributed by atoms with Crippen LogP contribution in [0.4, 0.5) is 5.69 Å². The van der Waals surface area contributed by atoms with Crippen molar-refractivity contribution >= 4 is 46.6 Å². The number of para-hydroxylation sites is 1. The summed E-state index contributed by atoms with van der Waals surface area (Å²) in [4.78, 5) is 25.4. The van der Waals surface area contributed by atoms with E-state index in [-0.39, 0.29) is 18.2 Å². The fraction of sp³-hybridized carbons (Fsp3) is 0.526. The monoisotopic (exact) mass is 406 g/mol. The van der Waals surface area contributed by atoms with Gasteiger partial charge in [0.25, 0.3) is 0 Å². The molecule has 8 heteroatoms. The molecule has 1 aliphatic carbocycles. The summed E-state index contributed by atoms with van der Waals surface area (Å²) in [5.74, 6) is 0.783. The van der Waals surface area contributed by atoms with Crippen LogP contribution in [-0.2, 0) is 9.59 Å². The van der Waals surface area contributed by atoms with E-state index in [1.165, 1.54) is 24.6 Å². The summed E-state index contributed by atoms with van der Waals surface area (Å²) in [6.07, 6.45) is 3.60. The highest BCUT2D eigenvalue weighted by atomic mass is 32.2. The lowest BCUT2D eigenvalue weighted by Crippen LogP contribution is -2.53. The SMILES string of the molecule is C[C@@H]1[C@H](C)CCC[C@H]1NC(=S)NNC(=O)C[C@H]1Sc2ccccc2NC1=O. The second-order valence-electron chi connectivity index (χ2n) is 7.32. The van der Waals surface area contributed by atoms with Gasteiger partial charge >= 0.3 is 0 Å². The first-order chi connectivity index (χ1) is 12.9. The molecule has 2 amide bonds. The van der Waals surface area contributed by atoms with Crippen LogP contribution in [-0.4, -0.2) is 28.2 Å². The first kappa shape index (κ1) is 19.9. The van der Waals surface area contributed by atoms with Crippen LogP contribution >= 0.6 is 24.0 Å². The first-order valence-corrected chi connectivity index (χ1v) is 10.6. The number of hydrogen-bond donors (Lipinski definition) is 4. The molecule has 1 aliphatic heterocycles. The number of nitrogens with one attached hydrogen (secondary N) is 4. The quantitative estimate of drug-likeness (QED) is 0.456. The Balaban J connectivity index is 1.44. The van der Waals surface area contributed by atoms with Crippen molar-refractivity contribution in [2.75, 3.05) is 5.32 Å². The second kappa shape index (κ2) is 8.93. The van der Waals surface area contributed by atoms with Gasteiger partial charge < -0.3 is 10.6 Å². The van der Waals surface area contributed by atoms with Crippen molar-refractivity contribution < 1.29 is 9.59 Å². The van der Waals surface area contributed by atoms with Crippen LogP contribution in [0.25, 0.3) is 0 Å². The van der Waals surface area contributed by atoms with Gasteiger partial charge in [-0.15, -0.1) is 11.8 Å². The molecule has 1 aromatic carbocycles. The molecule has 0 aromatic heterocycles. The Morgan fingerprint density at radius 1 is 1.26 bits per heavy atom. The minimum Gasteiger partial charge on any atom is -0.358 e. The van der Waals surface area contributed by atoms with E-state index in [2.05, 4.69) is 35.3 Å².